The number of rotatable bonds is 6. The molecule has 1 heterocycles. The Hall–Kier alpha value is -2.69. The first-order valence-corrected chi connectivity index (χ1v) is 12.7. The molecule has 5 rings (SSSR count). The molecule has 0 aliphatic carbocycles. The van der Waals surface area contributed by atoms with Gasteiger partial charge in [0.15, 0.2) is 0 Å². The highest BCUT2D eigenvalue weighted by Crippen LogP contribution is 2.37. The maximum absolute atomic E-state index is 6.62. The third kappa shape index (κ3) is 5.94. The molecule has 1 unspecified atom stereocenters. The topological polar surface area (TPSA) is 15.7 Å². The normalized spacial score (nSPS) is 16.3. The van der Waals surface area contributed by atoms with Crippen LogP contribution in [0.15, 0.2) is 97.1 Å². The summed E-state index contributed by atoms with van der Waals surface area (Å²) in [6.45, 7) is 3.43. The summed E-state index contributed by atoms with van der Waals surface area (Å²) in [6.07, 6.45) is 0. The molecular formula is C29H25Cl3N2O. The number of nitrogens with zero attached hydrogens (tertiary/aromatic N) is 2. The maximum atomic E-state index is 6.62. The molecule has 0 spiro atoms. The molecule has 1 aliphatic heterocycles. The fourth-order valence-electron chi connectivity index (χ4n) is 4.55. The number of piperazine rings is 1. The summed E-state index contributed by atoms with van der Waals surface area (Å²) in [6, 6.07) is 32.1. The van der Waals surface area contributed by atoms with E-state index in [1.54, 1.807) is 0 Å². The van der Waals surface area contributed by atoms with Gasteiger partial charge in [-0.3, -0.25) is 4.90 Å². The Morgan fingerprint density at radius 3 is 2.23 bits per heavy atom. The van der Waals surface area contributed by atoms with Crippen molar-refractivity contribution in [3.8, 4) is 11.5 Å². The summed E-state index contributed by atoms with van der Waals surface area (Å²) in [7, 11) is 0. The Kier molecular flexibility index (Phi) is 7.50. The van der Waals surface area contributed by atoms with Crippen molar-refractivity contribution in [3.05, 3.63) is 123 Å². The largest absolute Gasteiger partial charge is 0.457 e. The second-order valence-corrected chi connectivity index (χ2v) is 9.93. The van der Waals surface area contributed by atoms with Gasteiger partial charge in [0.05, 0.1) is 16.8 Å². The molecule has 0 radical (unpaired) electrons. The molecule has 1 fully saturated rings. The second kappa shape index (κ2) is 10.9. The molecule has 178 valence electrons. The number of benzene rings is 4. The van der Waals surface area contributed by atoms with Crippen LogP contribution >= 0.6 is 34.8 Å². The fourth-order valence-corrected chi connectivity index (χ4v) is 5.19. The molecule has 0 N–H and O–H groups in total. The van der Waals surface area contributed by atoms with E-state index in [-0.39, 0.29) is 6.04 Å². The molecule has 4 aromatic rings. The Bertz CT molecular complexity index is 1280. The third-order valence-electron chi connectivity index (χ3n) is 6.22. The first-order valence-electron chi connectivity index (χ1n) is 11.6. The predicted molar refractivity (Wildman–Crippen MR) is 146 cm³/mol. The van der Waals surface area contributed by atoms with Crippen molar-refractivity contribution in [2.24, 2.45) is 0 Å². The van der Waals surface area contributed by atoms with Crippen LogP contribution in [0.1, 0.15) is 17.2 Å². The highest BCUT2D eigenvalue weighted by molar-refractivity contribution is 6.36. The van der Waals surface area contributed by atoms with Crippen molar-refractivity contribution < 1.29 is 4.74 Å². The molecule has 1 aliphatic rings. The van der Waals surface area contributed by atoms with E-state index in [4.69, 9.17) is 39.5 Å². The highest BCUT2D eigenvalue weighted by atomic mass is 35.5. The Morgan fingerprint density at radius 1 is 0.714 bits per heavy atom. The van der Waals surface area contributed by atoms with Gasteiger partial charge in [0.1, 0.15) is 11.5 Å². The van der Waals surface area contributed by atoms with Crippen molar-refractivity contribution in [2.45, 2.75) is 12.6 Å². The summed E-state index contributed by atoms with van der Waals surface area (Å²) in [5.41, 5.74) is 3.41. The summed E-state index contributed by atoms with van der Waals surface area (Å²) in [5, 5.41) is 2.03. The van der Waals surface area contributed by atoms with Gasteiger partial charge in [0.2, 0.25) is 0 Å². The van der Waals surface area contributed by atoms with Crippen molar-refractivity contribution >= 4 is 40.5 Å². The Balaban J connectivity index is 1.36. The van der Waals surface area contributed by atoms with E-state index in [9.17, 15) is 0 Å². The summed E-state index contributed by atoms with van der Waals surface area (Å²) >= 11 is 19.0. The van der Waals surface area contributed by atoms with Crippen LogP contribution in [0.25, 0.3) is 0 Å². The molecule has 35 heavy (non-hydrogen) atoms. The molecule has 6 heteroatoms. The highest BCUT2D eigenvalue weighted by Gasteiger charge is 2.29. The first-order chi connectivity index (χ1) is 17.0. The molecule has 0 saturated carbocycles. The number of halogens is 3. The number of anilines is 1. The van der Waals surface area contributed by atoms with Crippen LogP contribution in [0.5, 0.6) is 11.5 Å². The van der Waals surface area contributed by atoms with E-state index in [0.29, 0.717) is 10.0 Å². The number of hydrogen-bond acceptors (Lipinski definition) is 3. The lowest BCUT2D eigenvalue weighted by atomic mass is 10.0. The number of ether oxygens (including phenoxy) is 1. The fraction of sp³-hybridized carbons (Fsp3) is 0.172. The maximum Gasteiger partial charge on any atom is 0.127 e. The van der Waals surface area contributed by atoms with Gasteiger partial charge in [-0.25, -0.2) is 0 Å². The molecule has 0 aromatic heterocycles. The molecule has 1 atom stereocenters. The van der Waals surface area contributed by atoms with Gasteiger partial charge in [0, 0.05) is 36.2 Å². The lowest BCUT2D eigenvalue weighted by molar-refractivity contribution is 0.215. The van der Waals surface area contributed by atoms with Crippen molar-refractivity contribution in [1.82, 2.24) is 4.90 Å². The summed E-state index contributed by atoms with van der Waals surface area (Å²) in [5.74, 6) is 1.68. The van der Waals surface area contributed by atoms with E-state index in [0.717, 1.165) is 48.4 Å². The molecule has 3 nitrogen and oxygen atoms in total. The number of hydrogen-bond donors (Lipinski definition) is 0. The van der Waals surface area contributed by atoms with Crippen LogP contribution in [-0.4, -0.2) is 24.5 Å². The van der Waals surface area contributed by atoms with Gasteiger partial charge >= 0.3 is 0 Å². The first kappa shape index (κ1) is 24.0. The van der Waals surface area contributed by atoms with Crippen LogP contribution < -0.4 is 9.64 Å². The van der Waals surface area contributed by atoms with Gasteiger partial charge in [-0.2, -0.15) is 0 Å². The minimum absolute atomic E-state index is 0.128. The van der Waals surface area contributed by atoms with Gasteiger partial charge in [-0.05, 0) is 65.7 Å². The number of para-hydroxylation sites is 1. The lowest BCUT2D eigenvalue weighted by Crippen LogP contribution is -2.48. The van der Waals surface area contributed by atoms with E-state index in [1.165, 1.54) is 11.1 Å². The average Bonchev–Trinajstić information content (AvgIpc) is 2.86. The van der Waals surface area contributed by atoms with Crippen LogP contribution in [0.3, 0.4) is 0 Å². The van der Waals surface area contributed by atoms with E-state index in [2.05, 4.69) is 34.1 Å². The van der Waals surface area contributed by atoms with Crippen molar-refractivity contribution in [1.29, 1.82) is 0 Å². The van der Waals surface area contributed by atoms with Crippen molar-refractivity contribution in [3.63, 3.8) is 0 Å². The van der Waals surface area contributed by atoms with Crippen LogP contribution in [0.2, 0.25) is 15.1 Å². The summed E-state index contributed by atoms with van der Waals surface area (Å²) < 4.78 is 6.04. The molecular weight excluding hydrogens is 499 g/mol. The smallest absolute Gasteiger partial charge is 0.127 e. The molecule has 4 aromatic carbocycles. The predicted octanol–water partition coefficient (Wildman–Crippen LogP) is 8.50. The lowest BCUT2D eigenvalue weighted by Gasteiger charge is -2.43. The van der Waals surface area contributed by atoms with Gasteiger partial charge in [0.25, 0.3) is 0 Å². The quantitative estimate of drug-likeness (QED) is 0.252. The second-order valence-electron chi connectivity index (χ2n) is 8.65. The minimum atomic E-state index is 0.128. The molecule has 0 bridgehead atoms. The van der Waals surface area contributed by atoms with E-state index in [1.807, 2.05) is 72.8 Å². The zero-order valence-electron chi connectivity index (χ0n) is 19.1. The SMILES string of the molecule is Clc1ccc(C2CN(Cc3cccc(Oc4ccccc4)c3)CCN2c2ccc(Cl)cc2Cl)cc1. The zero-order valence-corrected chi connectivity index (χ0v) is 21.3. The van der Waals surface area contributed by atoms with Crippen LogP contribution in [-0.2, 0) is 6.54 Å². The van der Waals surface area contributed by atoms with Gasteiger partial charge in [-0.1, -0.05) is 77.3 Å². The molecule has 0 amide bonds. The standard InChI is InChI=1S/C29H25Cl3N2O/c30-23-11-9-22(10-12-23)29-20-33(15-16-34(29)28-14-13-24(31)18-27(28)32)19-21-5-4-8-26(17-21)35-25-6-2-1-3-7-25/h1-14,17-18,29H,15-16,19-20H2. The van der Waals surface area contributed by atoms with Crippen LogP contribution in [0.4, 0.5) is 5.69 Å². The molecule has 1 saturated heterocycles. The zero-order chi connectivity index (χ0) is 24.2. The van der Waals surface area contributed by atoms with Gasteiger partial charge < -0.3 is 9.64 Å². The van der Waals surface area contributed by atoms with E-state index < -0.39 is 0 Å². The average molecular weight is 524 g/mol. The Labute approximate surface area is 221 Å². The van der Waals surface area contributed by atoms with E-state index >= 15 is 0 Å². The van der Waals surface area contributed by atoms with Crippen LogP contribution in [0, 0.1) is 0 Å². The van der Waals surface area contributed by atoms with Gasteiger partial charge in [-0.15, -0.1) is 0 Å². The Morgan fingerprint density at radius 2 is 1.46 bits per heavy atom. The monoisotopic (exact) mass is 522 g/mol. The minimum Gasteiger partial charge on any atom is -0.457 e. The third-order valence-corrected chi connectivity index (χ3v) is 7.01. The van der Waals surface area contributed by atoms with Crippen molar-refractivity contribution in [2.75, 3.05) is 24.5 Å². The summed E-state index contributed by atoms with van der Waals surface area (Å²) in [4.78, 5) is 4.84.